The van der Waals surface area contributed by atoms with Crippen molar-refractivity contribution in [1.82, 2.24) is 9.97 Å². The van der Waals surface area contributed by atoms with Crippen LogP contribution in [0, 0.1) is 5.92 Å². The summed E-state index contributed by atoms with van der Waals surface area (Å²) < 4.78 is 1.06. The van der Waals surface area contributed by atoms with Gasteiger partial charge in [0.15, 0.2) is 0 Å². The van der Waals surface area contributed by atoms with Gasteiger partial charge in [0.2, 0.25) is 0 Å². The van der Waals surface area contributed by atoms with E-state index < -0.39 is 0 Å². The Morgan fingerprint density at radius 2 is 2.00 bits per heavy atom. The van der Waals surface area contributed by atoms with Crippen molar-refractivity contribution in [2.45, 2.75) is 26.7 Å². The Morgan fingerprint density at radius 1 is 1.21 bits per heavy atom. The van der Waals surface area contributed by atoms with Gasteiger partial charge >= 0.3 is 0 Å². The highest BCUT2D eigenvalue weighted by Crippen LogP contribution is 2.16. The minimum absolute atomic E-state index is 0.524. The average Bonchev–Trinajstić information content (AvgIpc) is 2.26. The molecule has 19 heavy (non-hydrogen) atoms. The third kappa shape index (κ3) is 4.59. The van der Waals surface area contributed by atoms with Crippen molar-refractivity contribution in [3.05, 3.63) is 57.0 Å². The van der Waals surface area contributed by atoms with Gasteiger partial charge in [-0.25, -0.2) is 9.97 Å². The van der Waals surface area contributed by atoms with Crippen LogP contribution >= 0.6 is 27.5 Å². The van der Waals surface area contributed by atoms with Crippen LogP contribution < -0.4 is 0 Å². The first kappa shape index (κ1) is 14.5. The van der Waals surface area contributed by atoms with Gasteiger partial charge < -0.3 is 0 Å². The van der Waals surface area contributed by atoms with Gasteiger partial charge in [-0.3, -0.25) is 0 Å². The number of nitrogens with zero attached hydrogens (tertiary/aromatic N) is 2. The van der Waals surface area contributed by atoms with Crippen molar-refractivity contribution < 1.29 is 0 Å². The van der Waals surface area contributed by atoms with E-state index in [1.807, 2.05) is 18.2 Å². The maximum Gasteiger partial charge on any atom is 0.134 e. The third-order valence-corrected chi connectivity index (χ3v) is 3.35. The van der Waals surface area contributed by atoms with E-state index in [1.54, 1.807) is 0 Å². The van der Waals surface area contributed by atoms with Crippen molar-refractivity contribution >= 4 is 27.5 Å². The zero-order chi connectivity index (χ0) is 13.8. The van der Waals surface area contributed by atoms with E-state index in [2.05, 4.69) is 51.9 Å². The first-order valence-corrected chi connectivity index (χ1v) is 7.47. The lowest BCUT2D eigenvalue weighted by Gasteiger charge is -2.07. The third-order valence-electron chi connectivity index (χ3n) is 2.66. The quantitative estimate of drug-likeness (QED) is 0.756. The molecule has 0 aliphatic carbocycles. The minimum Gasteiger partial charge on any atom is -0.237 e. The van der Waals surface area contributed by atoms with Crippen LogP contribution in [0.3, 0.4) is 0 Å². The van der Waals surface area contributed by atoms with E-state index in [9.17, 15) is 0 Å². The van der Waals surface area contributed by atoms with Crippen LogP contribution in [-0.2, 0) is 12.8 Å². The summed E-state index contributed by atoms with van der Waals surface area (Å²) in [6.07, 6.45) is 1.62. The molecule has 0 atom stereocenters. The van der Waals surface area contributed by atoms with Crippen LogP contribution in [0.5, 0.6) is 0 Å². The molecular weight excluding hydrogens is 324 g/mol. The molecule has 0 bridgehead atoms. The number of aromatic nitrogens is 2. The average molecular weight is 340 g/mol. The summed E-state index contributed by atoms with van der Waals surface area (Å²) >= 11 is 9.54. The molecular formula is C15H16BrClN2. The smallest absolute Gasteiger partial charge is 0.134 e. The summed E-state index contributed by atoms with van der Waals surface area (Å²) in [7, 11) is 0. The van der Waals surface area contributed by atoms with Crippen LogP contribution in [0.15, 0.2) is 34.8 Å². The predicted octanol–water partition coefficient (Wildman–Crippen LogP) is 4.68. The normalized spacial score (nSPS) is 11.0. The maximum absolute atomic E-state index is 6.07. The van der Waals surface area contributed by atoms with Crippen molar-refractivity contribution in [2.75, 3.05) is 0 Å². The van der Waals surface area contributed by atoms with E-state index in [1.165, 1.54) is 5.56 Å². The molecule has 1 aromatic carbocycles. The Hall–Kier alpha value is -0.930. The number of rotatable bonds is 4. The molecule has 0 aliphatic rings. The summed E-state index contributed by atoms with van der Waals surface area (Å²) in [5.41, 5.74) is 2.19. The summed E-state index contributed by atoms with van der Waals surface area (Å²) in [5.74, 6) is 1.34. The Balaban J connectivity index is 2.22. The standard InChI is InChI=1S/C15H16BrClN2/c1-10(2)6-13-9-14(17)19-15(18-13)8-11-4-3-5-12(16)7-11/h3-5,7,9-10H,6,8H2,1-2H3. The SMILES string of the molecule is CC(C)Cc1cc(Cl)nc(Cc2cccc(Br)c2)n1. The second kappa shape index (κ2) is 6.49. The molecule has 0 aliphatic heterocycles. The van der Waals surface area contributed by atoms with Crippen molar-refractivity contribution in [2.24, 2.45) is 5.92 Å². The van der Waals surface area contributed by atoms with Gasteiger partial charge in [0.1, 0.15) is 11.0 Å². The minimum atomic E-state index is 0.524. The Bertz CT molecular complexity index is 570. The molecule has 100 valence electrons. The van der Waals surface area contributed by atoms with Crippen molar-refractivity contribution in [3.8, 4) is 0 Å². The lowest BCUT2D eigenvalue weighted by atomic mass is 10.1. The molecule has 1 aromatic heterocycles. The fourth-order valence-corrected chi connectivity index (χ4v) is 2.62. The molecule has 0 radical (unpaired) electrons. The molecule has 0 spiro atoms. The predicted molar refractivity (Wildman–Crippen MR) is 82.5 cm³/mol. The molecule has 0 saturated carbocycles. The van der Waals surface area contributed by atoms with Gasteiger partial charge in [-0.05, 0) is 36.1 Å². The summed E-state index contributed by atoms with van der Waals surface area (Å²) in [6, 6.07) is 10.0. The van der Waals surface area contributed by atoms with E-state index in [-0.39, 0.29) is 0 Å². The number of hydrogen-bond donors (Lipinski definition) is 0. The largest absolute Gasteiger partial charge is 0.237 e. The first-order chi connectivity index (χ1) is 9.02. The number of halogens is 2. The Kier molecular flexibility index (Phi) is 4.94. The first-order valence-electron chi connectivity index (χ1n) is 6.29. The fourth-order valence-electron chi connectivity index (χ4n) is 1.95. The number of hydrogen-bond acceptors (Lipinski definition) is 2. The molecule has 2 rings (SSSR count). The lowest BCUT2D eigenvalue weighted by molar-refractivity contribution is 0.631. The molecule has 1 heterocycles. The molecule has 4 heteroatoms. The van der Waals surface area contributed by atoms with Crippen LogP contribution in [0.1, 0.15) is 30.9 Å². The summed E-state index contributed by atoms with van der Waals surface area (Å²) in [5, 5.41) is 0.524. The van der Waals surface area contributed by atoms with E-state index >= 15 is 0 Å². The molecule has 0 amide bonds. The highest BCUT2D eigenvalue weighted by Gasteiger charge is 2.06. The van der Waals surface area contributed by atoms with Gasteiger partial charge in [0.25, 0.3) is 0 Å². The maximum atomic E-state index is 6.07. The van der Waals surface area contributed by atoms with Crippen LogP contribution in [0.25, 0.3) is 0 Å². The van der Waals surface area contributed by atoms with Gasteiger partial charge in [-0.15, -0.1) is 0 Å². The Morgan fingerprint density at radius 3 is 2.68 bits per heavy atom. The van der Waals surface area contributed by atoms with Crippen LogP contribution in [0.4, 0.5) is 0 Å². The highest BCUT2D eigenvalue weighted by molar-refractivity contribution is 9.10. The Labute approximate surface area is 127 Å². The second-order valence-electron chi connectivity index (χ2n) is 5.00. The number of benzene rings is 1. The highest BCUT2D eigenvalue weighted by atomic mass is 79.9. The molecule has 0 N–H and O–H groups in total. The summed E-state index contributed by atoms with van der Waals surface area (Å²) in [4.78, 5) is 8.89. The van der Waals surface area contributed by atoms with Gasteiger partial charge in [-0.1, -0.05) is 53.5 Å². The van der Waals surface area contributed by atoms with E-state index in [0.29, 0.717) is 17.5 Å². The molecule has 2 aromatic rings. The topological polar surface area (TPSA) is 25.8 Å². The fraction of sp³-hybridized carbons (Fsp3) is 0.333. The van der Waals surface area contributed by atoms with Gasteiger partial charge in [0, 0.05) is 16.6 Å². The van der Waals surface area contributed by atoms with Crippen LogP contribution in [-0.4, -0.2) is 9.97 Å². The van der Waals surface area contributed by atoms with Crippen molar-refractivity contribution in [1.29, 1.82) is 0 Å². The van der Waals surface area contributed by atoms with Crippen molar-refractivity contribution in [3.63, 3.8) is 0 Å². The van der Waals surface area contributed by atoms with E-state index in [0.717, 1.165) is 22.4 Å². The molecule has 2 nitrogen and oxygen atoms in total. The van der Waals surface area contributed by atoms with Crippen LogP contribution in [0.2, 0.25) is 5.15 Å². The molecule has 0 fully saturated rings. The van der Waals surface area contributed by atoms with Gasteiger partial charge in [-0.2, -0.15) is 0 Å². The monoisotopic (exact) mass is 338 g/mol. The second-order valence-corrected chi connectivity index (χ2v) is 6.31. The zero-order valence-electron chi connectivity index (χ0n) is 11.0. The lowest BCUT2D eigenvalue weighted by Crippen LogP contribution is -2.04. The summed E-state index contributed by atoms with van der Waals surface area (Å²) in [6.45, 7) is 4.34. The molecule has 0 unspecified atom stereocenters. The van der Waals surface area contributed by atoms with Gasteiger partial charge in [0.05, 0.1) is 0 Å². The zero-order valence-corrected chi connectivity index (χ0v) is 13.4. The van der Waals surface area contributed by atoms with E-state index in [4.69, 9.17) is 11.6 Å². The molecule has 0 saturated heterocycles.